The van der Waals surface area contributed by atoms with E-state index < -0.39 is 0 Å². The number of amides is 1. The number of rotatable bonds is 3. The predicted molar refractivity (Wildman–Crippen MR) is 86.8 cm³/mol. The van der Waals surface area contributed by atoms with Gasteiger partial charge in [0.2, 0.25) is 5.91 Å². The maximum Gasteiger partial charge on any atom is 0.229 e. The van der Waals surface area contributed by atoms with Crippen LogP contribution in [0.25, 0.3) is 0 Å². The Labute approximate surface area is 131 Å². The molecule has 0 aromatic heterocycles. The third-order valence-corrected chi connectivity index (χ3v) is 4.44. The topological polar surface area (TPSA) is 29.5 Å². The zero-order valence-corrected chi connectivity index (χ0v) is 13.0. The number of carbonyl (C=O) groups excluding carboxylic acids is 1. The molecule has 0 aliphatic carbocycles. The fraction of sp³-hybridized carbons (Fsp3) is 0.316. The molecule has 1 heterocycles. The van der Waals surface area contributed by atoms with Gasteiger partial charge in [0.25, 0.3) is 0 Å². The molecular formula is C19H21NO2. The summed E-state index contributed by atoms with van der Waals surface area (Å²) in [6.45, 7) is 2.52. The van der Waals surface area contributed by atoms with Crippen LogP contribution in [0.4, 0.5) is 0 Å². The first-order valence-electron chi connectivity index (χ1n) is 7.69. The lowest BCUT2D eigenvalue weighted by Crippen LogP contribution is -2.39. The van der Waals surface area contributed by atoms with Crippen LogP contribution in [0, 0.1) is 5.92 Å². The molecule has 22 heavy (non-hydrogen) atoms. The van der Waals surface area contributed by atoms with Gasteiger partial charge in [-0.2, -0.15) is 0 Å². The van der Waals surface area contributed by atoms with E-state index in [1.54, 1.807) is 0 Å². The Hall–Kier alpha value is -2.29. The van der Waals surface area contributed by atoms with E-state index in [1.807, 2.05) is 54.4 Å². The lowest BCUT2D eigenvalue weighted by molar-refractivity contribution is -0.137. The van der Waals surface area contributed by atoms with Crippen molar-refractivity contribution in [1.82, 2.24) is 4.90 Å². The van der Waals surface area contributed by atoms with E-state index in [1.165, 1.54) is 0 Å². The molecule has 0 fully saturated rings. The van der Waals surface area contributed by atoms with Crippen LogP contribution in [-0.4, -0.2) is 24.5 Å². The van der Waals surface area contributed by atoms with Gasteiger partial charge < -0.3 is 9.64 Å². The summed E-state index contributed by atoms with van der Waals surface area (Å²) in [5.41, 5.74) is 2.27. The first-order chi connectivity index (χ1) is 10.7. The van der Waals surface area contributed by atoms with E-state index >= 15 is 0 Å². The van der Waals surface area contributed by atoms with Crippen LogP contribution in [-0.2, 0) is 11.2 Å². The van der Waals surface area contributed by atoms with E-state index in [-0.39, 0.29) is 17.9 Å². The van der Waals surface area contributed by atoms with Crippen molar-refractivity contribution in [2.45, 2.75) is 19.4 Å². The van der Waals surface area contributed by atoms with Crippen LogP contribution in [0.5, 0.6) is 5.75 Å². The molecule has 0 radical (unpaired) electrons. The number of nitrogens with zero attached hydrogens (tertiary/aromatic N) is 1. The van der Waals surface area contributed by atoms with E-state index in [0.717, 1.165) is 23.3 Å². The van der Waals surface area contributed by atoms with E-state index in [9.17, 15) is 4.79 Å². The summed E-state index contributed by atoms with van der Waals surface area (Å²) in [6.07, 6.45) is 0.751. The molecule has 0 saturated heterocycles. The van der Waals surface area contributed by atoms with E-state index in [4.69, 9.17) is 4.74 Å². The SMILES string of the molecule is CC(c1ccccc1)N(C)C(=O)C1COc2ccccc2C1. The van der Waals surface area contributed by atoms with Crippen molar-refractivity contribution in [3.05, 3.63) is 65.7 Å². The molecule has 2 unspecified atom stereocenters. The lowest BCUT2D eigenvalue weighted by Gasteiger charge is -2.31. The van der Waals surface area contributed by atoms with Crippen LogP contribution in [0.3, 0.4) is 0 Å². The van der Waals surface area contributed by atoms with Gasteiger partial charge >= 0.3 is 0 Å². The van der Waals surface area contributed by atoms with Crippen molar-refractivity contribution in [3.8, 4) is 5.75 Å². The first-order valence-corrected chi connectivity index (χ1v) is 7.69. The van der Waals surface area contributed by atoms with Gasteiger partial charge in [-0.25, -0.2) is 0 Å². The Kier molecular flexibility index (Phi) is 4.14. The molecule has 2 atom stereocenters. The highest BCUT2D eigenvalue weighted by Gasteiger charge is 2.30. The molecular weight excluding hydrogens is 274 g/mol. The second-order valence-corrected chi connectivity index (χ2v) is 5.86. The van der Waals surface area contributed by atoms with Gasteiger partial charge in [-0.1, -0.05) is 48.5 Å². The minimum absolute atomic E-state index is 0.0610. The number of hydrogen-bond acceptors (Lipinski definition) is 2. The molecule has 2 aromatic rings. The maximum atomic E-state index is 12.8. The number of ether oxygens (including phenoxy) is 1. The second-order valence-electron chi connectivity index (χ2n) is 5.86. The Morgan fingerprint density at radius 2 is 1.82 bits per heavy atom. The molecule has 0 spiro atoms. The van der Waals surface area contributed by atoms with Crippen molar-refractivity contribution in [2.75, 3.05) is 13.7 Å². The van der Waals surface area contributed by atoms with Gasteiger partial charge in [0, 0.05) is 7.05 Å². The number of benzene rings is 2. The standard InChI is InChI=1S/C19H21NO2/c1-14(15-8-4-3-5-9-15)20(2)19(21)17-12-16-10-6-7-11-18(16)22-13-17/h3-11,14,17H,12-13H2,1-2H3. The maximum absolute atomic E-state index is 12.8. The summed E-state index contributed by atoms with van der Waals surface area (Å²) in [5, 5.41) is 0. The van der Waals surface area contributed by atoms with Gasteiger partial charge in [0.15, 0.2) is 0 Å². The Morgan fingerprint density at radius 1 is 1.14 bits per heavy atom. The fourth-order valence-electron chi connectivity index (χ4n) is 2.92. The zero-order valence-electron chi connectivity index (χ0n) is 13.0. The van der Waals surface area contributed by atoms with Gasteiger partial charge in [0.05, 0.1) is 12.0 Å². The van der Waals surface area contributed by atoms with Crippen molar-refractivity contribution in [3.63, 3.8) is 0 Å². The average Bonchev–Trinajstić information content (AvgIpc) is 2.60. The second kappa shape index (κ2) is 6.22. The third kappa shape index (κ3) is 2.84. The highest BCUT2D eigenvalue weighted by atomic mass is 16.5. The highest BCUT2D eigenvalue weighted by Crippen LogP contribution is 2.29. The Balaban J connectivity index is 1.72. The molecule has 3 rings (SSSR count). The number of para-hydroxylation sites is 1. The summed E-state index contributed by atoms with van der Waals surface area (Å²) in [4.78, 5) is 14.6. The first kappa shape index (κ1) is 14.6. The molecule has 0 N–H and O–H groups in total. The monoisotopic (exact) mass is 295 g/mol. The van der Waals surface area contributed by atoms with Gasteiger partial charge in [0.1, 0.15) is 12.4 Å². The van der Waals surface area contributed by atoms with Crippen LogP contribution in [0.15, 0.2) is 54.6 Å². The number of carbonyl (C=O) groups is 1. The van der Waals surface area contributed by atoms with Gasteiger partial charge in [-0.05, 0) is 30.5 Å². The molecule has 2 aromatic carbocycles. The highest BCUT2D eigenvalue weighted by molar-refractivity contribution is 5.80. The fourth-order valence-corrected chi connectivity index (χ4v) is 2.92. The van der Waals surface area contributed by atoms with E-state index in [2.05, 4.69) is 19.1 Å². The zero-order chi connectivity index (χ0) is 15.5. The summed E-state index contributed by atoms with van der Waals surface area (Å²) in [5.74, 6) is 0.947. The van der Waals surface area contributed by atoms with Crippen LogP contribution in [0.1, 0.15) is 24.1 Å². The molecule has 114 valence electrons. The normalized spacial score (nSPS) is 18.0. The molecule has 1 aliphatic heterocycles. The minimum Gasteiger partial charge on any atom is -0.492 e. The molecule has 3 nitrogen and oxygen atoms in total. The van der Waals surface area contributed by atoms with Crippen molar-refractivity contribution < 1.29 is 9.53 Å². The quantitative estimate of drug-likeness (QED) is 0.868. The van der Waals surface area contributed by atoms with Crippen LogP contribution < -0.4 is 4.74 Å². The summed E-state index contributed by atoms with van der Waals surface area (Å²) in [6, 6.07) is 18.1. The summed E-state index contributed by atoms with van der Waals surface area (Å²) >= 11 is 0. The molecule has 1 amide bonds. The van der Waals surface area contributed by atoms with Crippen molar-refractivity contribution in [2.24, 2.45) is 5.92 Å². The molecule has 0 bridgehead atoms. The van der Waals surface area contributed by atoms with Crippen molar-refractivity contribution in [1.29, 1.82) is 0 Å². The lowest BCUT2D eigenvalue weighted by atomic mass is 9.94. The Bertz CT molecular complexity index is 649. The smallest absolute Gasteiger partial charge is 0.229 e. The van der Waals surface area contributed by atoms with Gasteiger partial charge in [-0.3, -0.25) is 4.79 Å². The average molecular weight is 295 g/mol. The third-order valence-electron chi connectivity index (χ3n) is 4.44. The van der Waals surface area contributed by atoms with Gasteiger partial charge in [-0.15, -0.1) is 0 Å². The largest absolute Gasteiger partial charge is 0.492 e. The predicted octanol–water partition coefficient (Wildman–Crippen LogP) is 3.46. The summed E-state index contributed by atoms with van der Waals surface area (Å²) < 4.78 is 5.75. The molecule has 1 aliphatic rings. The molecule has 3 heteroatoms. The Morgan fingerprint density at radius 3 is 2.59 bits per heavy atom. The van der Waals surface area contributed by atoms with Crippen molar-refractivity contribution >= 4 is 5.91 Å². The number of fused-ring (bicyclic) bond motifs is 1. The number of hydrogen-bond donors (Lipinski definition) is 0. The van der Waals surface area contributed by atoms with Crippen LogP contribution in [0.2, 0.25) is 0 Å². The molecule has 0 saturated carbocycles. The summed E-state index contributed by atoms with van der Waals surface area (Å²) in [7, 11) is 1.88. The minimum atomic E-state index is -0.105. The van der Waals surface area contributed by atoms with Crippen LogP contribution >= 0.6 is 0 Å². The van der Waals surface area contributed by atoms with E-state index in [0.29, 0.717) is 6.61 Å².